The Labute approximate surface area is 99.9 Å². The lowest BCUT2D eigenvalue weighted by Crippen LogP contribution is -2.57. The summed E-state index contributed by atoms with van der Waals surface area (Å²) in [4.78, 5) is 0. The van der Waals surface area contributed by atoms with Gasteiger partial charge in [0.2, 0.25) is 0 Å². The van der Waals surface area contributed by atoms with Gasteiger partial charge in [-0.15, -0.1) is 0 Å². The molecule has 1 aromatic rings. The van der Waals surface area contributed by atoms with Crippen molar-refractivity contribution >= 4 is 10.8 Å². The molecular weight excluding hydrogens is 218 g/mol. The molecule has 1 fully saturated rings. The molecule has 2 unspecified atom stereocenters. The van der Waals surface area contributed by atoms with Crippen LogP contribution < -0.4 is 5.32 Å². The van der Waals surface area contributed by atoms with Gasteiger partial charge in [-0.3, -0.25) is 4.21 Å². The van der Waals surface area contributed by atoms with Crippen LogP contribution in [0.3, 0.4) is 0 Å². The van der Waals surface area contributed by atoms with E-state index in [2.05, 4.69) is 43.4 Å². The fourth-order valence-electron chi connectivity index (χ4n) is 2.33. The van der Waals surface area contributed by atoms with E-state index in [0.717, 1.165) is 17.9 Å². The zero-order valence-corrected chi connectivity index (χ0v) is 10.7. The molecule has 1 saturated heterocycles. The SMILES string of the molecule is CC1(C)CS(=O)CC(Cc2ccccc2)N1. The molecule has 1 aromatic carbocycles. The molecule has 0 aromatic heterocycles. The van der Waals surface area contributed by atoms with E-state index in [1.54, 1.807) is 0 Å². The van der Waals surface area contributed by atoms with Crippen molar-refractivity contribution in [2.45, 2.75) is 31.8 Å². The lowest BCUT2D eigenvalue weighted by Gasteiger charge is -2.36. The van der Waals surface area contributed by atoms with E-state index in [1.165, 1.54) is 5.56 Å². The molecule has 3 heteroatoms. The van der Waals surface area contributed by atoms with E-state index in [1.807, 2.05) is 6.07 Å². The number of hydrogen-bond donors (Lipinski definition) is 1. The molecule has 1 N–H and O–H groups in total. The first-order valence-corrected chi connectivity index (χ1v) is 7.21. The summed E-state index contributed by atoms with van der Waals surface area (Å²) in [5, 5.41) is 3.58. The van der Waals surface area contributed by atoms with Gasteiger partial charge in [-0.05, 0) is 25.8 Å². The average molecular weight is 237 g/mol. The lowest BCUT2D eigenvalue weighted by molar-refractivity contribution is 0.362. The normalized spacial score (nSPS) is 28.9. The fourth-order valence-corrected chi connectivity index (χ4v) is 3.99. The first-order chi connectivity index (χ1) is 7.55. The number of benzene rings is 1. The molecule has 1 heterocycles. The molecule has 0 bridgehead atoms. The second kappa shape index (κ2) is 4.68. The summed E-state index contributed by atoms with van der Waals surface area (Å²) in [5.74, 6) is 1.54. The van der Waals surface area contributed by atoms with Crippen LogP contribution in [0.2, 0.25) is 0 Å². The van der Waals surface area contributed by atoms with Crippen molar-refractivity contribution < 1.29 is 4.21 Å². The molecule has 2 rings (SSSR count). The van der Waals surface area contributed by atoms with Crippen molar-refractivity contribution in [3.63, 3.8) is 0 Å². The van der Waals surface area contributed by atoms with Crippen LogP contribution in [0.5, 0.6) is 0 Å². The van der Waals surface area contributed by atoms with Gasteiger partial charge in [-0.1, -0.05) is 30.3 Å². The van der Waals surface area contributed by atoms with Crippen LogP contribution >= 0.6 is 0 Å². The summed E-state index contributed by atoms with van der Waals surface area (Å²) < 4.78 is 11.8. The minimum Gasteiger partial charge on any atom is -0.307 e. The summed E-state index contributed by atoms with van der Waals surface area (Å²) in [6.07, 6.45) is 0.968. The summed E-state index contributed by atoms with van der Waals surface area (Å²) >= 11 is 0. The highest BCUT2D eigenvalue weighted by Gasteiger charge is 2.31. The zero-order chi connectivity index (χ0) is 11.6. The minimum absolute atomic E-state index is 0.00254. The van der Waals surface area contributed by atoms with Crippen LogP contribution in [0.15, 0.2) is 30.3 Å². The number of hydrogen-bond acceptors (Lipinski definition) is 2. The largest absolute Gasteiger partial charge is 0.307 e. The van der Waals surface area contributed by atoms with Crippen molar-refractivity contribution in [1.82, 2.24) is 5.32 Å². The quantitative estimate of drug-likeness (QED) is 0.848. The van der Waals surface area contributed by atoms with Gasteiger partial charge in [0.05, 0.1) is 0 Å². The van der Waals surface area contributed by atoms with Gasteiger partial charge in [0.15, 0.2) is 0 Å². The Morgan fingerprint density at radius 1 is 1.38 bits per heavy atom. The third-order valence-corrected chi connectivity index (χ3v) is 4.65. The first-order valence-electron chi connectivity index (χ1n) is 5.72. The van der Waals surface area contributed by atoms with E-state index in [4.69, 9.17) is 0 Å². The molecule has 16 heavy (non-hydrogen) atoms. The highest BCUT2D eigenvalue weighted by Crippen LogP contribution is 2.16. The van der Waals surface area contributed by atoms with E-state index in [0.29, 0.717) is 6.04 Å². The molecular formula is C13H19NOS. The molecule has 0 amide bonds. The molecule has 2 atom stereocenters. The standard InChI is InChI=1S/C13H19NOS/c1-13(2)10-16(15)9-12(14-13)8-11-6-4-3-5-7-11/h3-7,12,14H,8-10H2,1-2H3. The van der Waals surface area contributed by atoms with Crippen molar-refractivity contribution in [2.75, 3.05) is 11.5 Å². The topological polar surface area (TPSA) is 29.1 Å². The number of nitrogens with one attached hydrogen (secondary N) is 1. The summed E-state index contributed by atoms with van der Waals surface area (Å²) in [6, 6.07) is 10.7. The predicted octanol–water partition coefficient (Wildman–Crippen LogP) is 1.73. The Kier molecular flexibility index (Phi) is 3.45. The van der Waals surface area contributed by atoms with Gasteiger partial charge in [-0.2, -0.15) is 0 Å². The van der Waals surface area contributed by atoms with Crippen LogP contribution in [-0.2, 0) is 17.2 Å². The second-order valence-corrected chi connectivity index (χ2v) is 6.67. The third kappa shape index (κ3) is 3.16. The molecule has 0 saturated carbocycles. The van der Waals surface area contributed by atoms with Crippen molar-refractivity contribution in [2.24, 2.45) is 0 Å². The maximum absolute atomic E-state index is 11.8. The monoisotopic (exact) mass is 237 g/mol. The Morgan fingerprint density at radius 2 is 2.06 bits per heavy atom. The van der Waals surface area contributed by atoms with Crippen LogP contribution in [0.25, 0.3) is 0 Å². The first kappa shape index (κ1) is 11.8. The van der Waals surface area contributed by atoms with Gasteiger partial charge in [0.25, 0.3) is 0 Å². The molecule has 88 valence electrons. The van der Waals surface area contributed by atoms with Crippen LogP contribution in [0.4, 0.5) is 0 Å². The van der Waals surface area contributed by atoms with Gasteiger partial charge in [0, 0.05) is 33.9 Å². The Hall–Kier alpha value is -0.670. The van der Waals surface area contributed by atoms with E-state index in [9.17, 15) is 4.21 Å². The number of rotatable bonds is 2. The van der Waals surface area contributed by atoms with Gasteiger partial charge in [0.1, 0.15) is 0 Å². The molecule has 0 spiro atoms. The highest BCUT2D eigenvalue weighted by atomic mass is 32.2. The molecule has 0 radical (unpaired) electrons. The molecule has 1 aliphatic rings. The maximum Gasteiger partial charge on any atom is 0.0412 e. The summed E-state index contributed by atoms with van der Waals surface area (Å²) in [5.41, 5.74) is 1.32. The van der Waals surface area contributed by atoms with Crippen molar-refractivity contribution in [3.05, 3.63) is 35.9 Å². The molecule has 0 aliphatic carbocycles. The Bertz CT molecular complexity index is 375. The zero-order valence-electron chi connectivity index (χ0n) is 9.90. The minimum atomic E-state index is -0.676. The van der Waals surface area contributed by atoms with E-state index in [-0.39, 0.29) is 5.54 Å². The van der Waals surface area contributed by atoms with Crippen LogP contribution in [0, 0.1) is 0 Å². The predicted molar refractivity (Wildman–Crippen MR) is 69.0 cm³/mol. The van der Waals surface area contributed by atoms with E-state index >= 15 is 0 Å². The van der Waals surface area contributed by atoms with Crippen molar-refractivity contribution in [3.8, 4) is 0 Å². The maximum atomic E-state index is 11.8. The van der Waals surface area contributed by atoms with Gasteiger partial charge in [-0.25, -0.2) is 0 Å². The Balaban J connectivity index is 2.03. The summed E-state index contributed by atoms with van der Waals surface area (Å²) in [6.45, 7) is 4.25. The van der Waals surface area contributed by atoms with Crippen LogP contribution in [-0.4, -0.2) is 27.3 Å². The Morgan fingerprint density at radius 3 is 2.69 bits per heavy atom. The van der Waals surface area contributed by atoms with Crippen LogP contribution in [0.1, 0.15) is 19.4 Å². The molecule has 1 aliphatic heterocycles. The third-order valence-electron chi connectivity index (χ3n) is 2.83. The summed E-state index contributed by atoms with van der Waals surface area (Å²) in [7, 11) is -0.676. The van der Waals surface area contributed by atoms with Gasteiger partial charge >= 0.3 is 0 Å². The second-order valence-electron chi connectivity index (χ2n) is 5.17. The van der Waals surface area contributed by atoms with Gasteiger partial charge < -0.3 is 5.32 Å². The highest BCUT2D eigenvalue weighted by molar-refractivity contribution is 7.85. The lowest BCUT2D eigenvalue weighted by atomic mass is 10.0. The van der Waals surface area contributed by atoms with E-state index < -0.39 is 10.8 Å². The van der Waals surface area contributed by atoms with Crippen molar-refractivity contribution in [1.29, 1.82) is 0 Å². The average Bonchev–Trinajstić information content (AvgIpc) is 2.15. The fraction of sp³-hybridized carbons (Fsp3) is 0.538. The smallest absolute Gasteiger partial charge is 0.0412 e. The molecule has 2 nitrogen and oxygen atoms in total.